The van der Waals surface area contributed by atoms with Gasteiger partial charge in [-0.1, -0.05) is 37.9 Å². The van der Waals surface area contributed by atoms with E-state index in [-0.39, 0.29) is 3.23 Å². The van der Waals surface area contributed by atoms with E-state index >= 15 is 0 Å². The molecule has 0 bridgehead atoms. The van der Waals surface area contributed by atoms with Crippen LogP contribution in [0, 0.1) is 0 Å². The van der Waals surface area contributed by atoms with Gasteiger partial charge in [-0.15, -0.1) is 0 Å². The van der Waals surface area contributed by atoms with Crippen LogP contribution < -0.4 is 0 Å². The van der Waals surface area contributed by atoms with Crippen molar-refractivity contribution in [3.63, 3.8) is 0 Å². The third-order valence-corrected chi connectivity index (χ3v) is 5.73. The van der Waals surface area contributed by atoms with E-state index in [2.05, 4.69) is 79.6 Å². The molecule has 0 fully saturated rings. The molecule has 0 aliphatic rings. The Morgan fingerprint density at radius 3 is 2.00 bits per heavy atom. The van der Waals surface area contributed by atoms with E-state index < -0.39 is 0 Å². The highest BCUT2D eigenvalue weighted by Crippen LogP contribution is 2.45. The molecule has 0 saturated heterocycles. The van der Waals surface area contributed by atoms with Crippen LogP contribution in [-0.4, -0.2) is 0 Å². The summed E-state index contributed by atoms with van der Waals surface area (Å²) in [4.78, 5) is 0. The highest BCUT2D eigenvalue weighted by Gasteiger charge is 2.22. The fourth-order valence-electron chi connectivity index (χ4n) is 0.865. The summed E-state index contributed by atoms with van der Waals surface area (Å²) in [6.07, 6.45) is 0. The van der Waals surface area contributed by atoms with Crippen LogP contribution in [0.25, 0.3) is 0 Å². The van der Waals surface area contributed by atoms with Crippen molar-refractivity contribution in [2.24, 2.45) is 0 Å². The number of benzene rings is 1. The third kappa shape index (κ3) is 3.03. The number of alkyl halides is 2. The zero-order chi connectivity index (χ0) is 10.2. The SMILES string of the molecule is CC(Br)(Br)c1ccc(Br)c(Br)c1Br. The zero-order valence-corrected chi connectivity index (χ0v) is 14.5. The first kappa shape index (κ1) is 12.7. The Morgan fingerprint density at radius 1 is 1.00 bits per heavy atom. The standard InChI is InChI=1S/C8H5Br5/c1-8(12,13)4-2-3-5(9)7(11)6(4)10/h2-3H,1H3. The van der Waals surface area contributed by atoms with Crippen LogP contribution >= 0.6 is 79.6 Å². The lowest BCUT2D eigenvalue weighted by molar-refractivity contribution is 1.04. The van der Waals surface area contributed by atoms with Gasteiger partial charge in [-0.05, 0) is 66.3 Å². The molecule has 72 valence electrons. The van der Waals surface area contributed by atoms with E-state index in [1.54, 1.807) is 0 Å². The monoisotopic (exact) mass is 496 g/mol. The highest BCUT2D eigenvalue weighted by molar-refractivity contribution is 9.24. The fourth-order valence-corrected chi connectivity index (χ4v) is 3.74. The van der Waals surface area contributed by atoms with Crippen LogP contribution in [0.3, 0.4) is 0 Å². The molecule has 0 N–H and O–H groups in total. The Hall–Kier alpha value is 1.62. The predicted octanol–water partition coefficient (Wildman–Crippen LogP) is 5.94. The Labute approximate surface area is 119 Å². The molecular weight excluding hydrogens is 496 g/mol. The van der Waals surface area contributed by atoms with Gasteiger partial charge in [0.2, 0.25) is 0 Å². The van der Waals surface area contributed by atoms with Gasteiger partial charge in [0.25, 0.3) is 0 Å². The average molecular weight is 501 g/mol. The van der Waals surface area contributed by atoms with Crippen molar-refractivity contribution >= 4 is 79.6 Å². The van der Waals surface area contributed by atoms with E-state index in [0.717, 1.165) is 19.0 Å². The summed E-state index contributed by atoms with van der Waals surface area (Å²) in [6, 6.07) is 4.05. The number of hydrogen-bond acceptors (Lipinski definition) is 0. The van der Waals surface area contributed by atoms with Crippen LogP contribution in [0.5, 0.6) is 0 Å². The summed E-state index contributed by atoms with van der Waals surface area (Å²) < 4.78 is 2.89. The summed E-state index contributed by atoms with van der Waals surface area (Å²) in [5.41, 5.74) is 1.14. The molecule has 0 heterocycles. The van der Waals surface area contributed by atoms with Crippen molar-refractivity contribution in [1.29, 1.82) is 0 Å². The maximum Gasteiger partial charge on any atom is 0.104 e. The smallest absolute Gasteiger partial charge is 0.0677 e. The average Bonchev–Trinajstić information content (AvgIpc) is 1.98. The maximum atomic E-state index is 3.55. The first-order chi connectivity index (χ1) is 5.84. The molecule has 0 radical (unpaired) electrons. The zero-order valence-electron chi connectivity index (χ0n) is 6.54. The molecule has 0 aliphatic carbocycles. The minimum absolute atomic E-state index is 0.206. The van der Waals surface area contributed by atoms with Crippen LogP contribution in [0.15, 0.2) is 25.6 Å². The Bertz CT molecular complexity index is 326. The Morgan fingerprint density at radius 2 is 1.54 bits per heavy atom. The van der Waals surface area contributed by atoms with E-state index in [4.69, 9.17) is 0 Å². The summed E-state index contributed by atoms with van der Waals surface area (Å²) in [7, 11) is 0. The van der Waals surface area contributed by atoms with E-state index in [9.17, 15) is 0 Å². The van der Waals surface area contributed by atoms with Gasteiger partial charge in [-0.2, -0.15) is 0 Å². The predicted molar refractivity (Wildman–Crippen MR) is 74.7 cm³/mol. The second-order valence-electron chi connectivity index (χ2n) is 2.61. The Kier molecular flexibility index (Phi) is 4.53. The lowest BCUT2D eigenvalue weighted by atomic mass is 10.2. The van der Waals surface area contributed by atoms with Crippen LogP contribution in [-0.2, 0) is 3.23 Å². The molecule has 0 aliphatic heterocycles. The summed E-state index contributed by atoms with van der Waals surface area (Å²) in [5.74, 6) is 0. The molecule has 0 nitrogen and oxygen atoms in total. The summed E-state index contributed by atoms with van der Waals surface area (Å²) >= 11 is 17.5. The molecule has 0 saturated carbocycles. The highest BCUT2D eigenvalue weighted by atomic mass is 79.9. The molecule has 0 amide bonds. The van der Waals surface area contributed by atoms with Gasteiger partial charge in [0.1, 0.15) is 3.23 Å². The molecule has 13 heavy (non-hydrogen) atoms. The first-order valence-electron chi connectivity index (χ1n) is 3.36. The van der Waals surface area contributed by atoms with Crippen molar-refractivity contribution in [2.45, 2.75) is 10.2 Å². The molecule has 1 rings (SSSR count). The summed E-state index contributed by atoms with van der Waals surface area (Å²) in [6.45, 7) is 2.04. The van der Waals surface area contributed by atoms with E-state index in [1.807, 2.05) is 19.1 Å². The Balaban J connectivity index is 3.35. The second kappa shape index (κ2) is 4.64. The van der Waals surface area contributed by atoms with Gasteiger partial charge in [0.05, 0.1) is 0 Å². The molecule has 0 spiro atoms. The first-order valence-corrected chi connectivity index (χ1v) is 7.32. The van der Waals surface area contributed by atoms with Gasteiger partial charge < -0.3 is 0 Å². The van der Waals surface area contributed by atoms with Crippen LogP contribution in [0.1, 0.15) is 12.5 Å². The molecule has 0 aromatic heterocycles. The maximum absolute atomic E-state index is 3.55. The van der Waals surface area contributed by atoms with Gasteiger partial charge >= 0.3 is 0 Å². The van der Waals surface area contributed by atoms with E-state index in [1.165, 1.54) is 0 Å². The molecule has 5 heteroatoms. The second-order valence-corrected chi connectivity index (χ2v) is 9.29. The van der Waals surface area contributed by atoms with Crippen molar-refractivity contribution < 1.29 is 0 Å². The molecule has 0 unspecified atom stereocenters. The number of halogens is 5. The number of hydrogen-bond donors (Lipinski definition) is 0. The molecular formula is C8H5Br5. The van der Waals surface area contributed by atoms with E-state index in [0.29, 0.717) is 0 Å². The van der Waals surface area contributed by atoms with Crippen molar-refractivity contribution in [2.75, 3.05) is 0 Å². The normalized spacial score (nSPS) is 11.8. The third-order valence-electron chi connectivity index (χ3n) is 1.51. The minimum Gasteiger partial charge on any atom is -0.0677 e. The lowest BCUT2D eigenvalue weighted by Gasteiger charge is -2.17. The molecule has 0 atom stereocenters. The molecule has 1 aromatic carbocycles. The van der Waals surface area contributed by atoms with Crippen molar-refractivity contribution in [1.82, 2.24) is 0 Å². The van der Waals surface area contributed by atoms with Crippen LogP contribution in [0.4, 0.5) is 0 Å². The lowest BCUT2D eigenvalue weighted by Crippen LogP contribution is -2.03. The van der Waals surface area contributed by atoms with Gasteiger partial charge in [-0.3, -0.25) is 0 Å². The largest absolute Gasteiger partial charge is 0.104 e. The quantitative estimate of drug-likeness (QED) is 0.331. The van der Waals surface area contributed by atoms with Crippen molar-refractivity contribution in [3.05, 3.63) is 31.1 Å². The fraction of sp³-hybridized carbons (Fsp3) is 0.250. The van der Waals surface area contributed by atoms with Gasteiger partial charge in [-0.25, -0.2) is 0 Å². The summed E-state index contributed by atoms with van der Waals surface area (Å²) in [5, 5.41) is 0. The number of rotatable bonds is 1. The van der Waals surface area contributed by atoms with Crippen LogP contribution in [0.2, 0.25) is 0 Å². The topological polar surface area (TPSA) is 0 Å². The molecule has 1 aromatic rings. The van der Waals surface area contributed by atoms with Crippen molar-refractivity contribution in [3.8, 4) is 0 Å². The van der Waals surface area contributed by atoms with Gasteiger partial charge in [0.15, 0.2) is 0 Å². The van der Waals surface area contributed by atoms with Gasteiger partial charge in [0, 0.05) is 13.4 Å². The minimum atomic E-state index is -0.206.